The van der Waals surface area contributed by atoms with Crippen molar-refractivity contribution in [3.05, 3.63) is 33.3 Å². The van der Waals surface area contributed by atoms with E-state index in [2.05, 4.69) is 58.8 Å². The summed E-state index contributed by atoms with van der Waals surface area (Å²) >= 11 is 9.73. The Labute approximate surface area is 123 Å². The number of piperazine rings is 1. The van der Waals surface area contributed by atoms with Crippen molar-refractivity contribution in [2.75, 3.05) is 20.1 Å². The summed E-state index contributed by atoms with van der Waals surface area (Å²) in [7, 11) is 2.21. The van der Waals surface area contributed by atoms with Crippen LogP contribution in [0.5, 0.6) is 0 Å². The van der Waals surface area contributed by atoms with Crippen molar-refractivity contribution in [2.45, 2.75) is 32.5 Å². The molecule has 100 valence electrons. The van der Waals surface area contributed by atoms with Crippen molar-refractivity contribution in [1.29, 1.82) is 0 Å². The Morgan fingerprint density at radius 1 is 1.28 bits per heavy atom. The van der Waals surface area contributed by atoms with Crippen LogP contribution in [0.1, 0.15) is 19.4 Å². The normalized spacial score (nSPS) is 26.5. The Kier molecular flexibility index (Phi) is 4.70. The first-order valence-corrected chi connectivity index (χ1v) is 7.52. The standard InChI is InChI=1S/C14H20BrClN2/c1-10-7-18(8-11(2)17(10)3)9-12-4-5-13(15)6-14(12)16/h4-6,10-11H,7-9H2,1-3H3. The van der Waals surface area contributed by atoms with Gasteiger partial charge in [0.25, 0.3) is 0 Å². The Bertz CT molecular complexity index is 412. The molecule has 1 aromatic rings. The third-order valence-electron chi connectivity index (χ3n) is 3.84. The molecular formula is C14H20BrClN2. The summed E-state index contributed by atoms with van der Waals surface area (Å²) < 4.78 is 1.04. The van der Waals surface area contributed by atoms with Gasteiger partial charge < -0.3 is 0 Å². The lowest BCUT2D eigenvalue weighted by atomic mass is 10.1. The summed E-state index contributed by atoms with van der Waals surface area (Å²) in [5, 5.41) is 0.851. The van der Waals surface area contributed by atoms with E-state index in [4.69, 9.17) is 11.6 Å². The molecule has 2 unspecified atom stereocenters. The molecule has 1 saturated heterocycles. The van der Waals surface area contributed by atoms with Gasteiger partial charge in [0.05, 0.1) is 0 Å². The zero-order valence-electron chi connectivity index (χ0n) is 11.2. The lowest BCUT2D eigenvalue weighted by molar-refractivity contribution is 0.0556. The van der Waals surface area contributed by atoms with E-state index in [9.17, 15) is 0 Å². The van der Waals surface area contributed by atoms with E-state index in [0.29, 0.717) is 12.1 Å². The van der Waals surface area contributed by atoms with Crippen molar-refractivity contribution in [1.82, 2.24) is 9.80 Å². The number of hydrogen-bond acceptors (Lipinski definition) is 2. The molecule has 1 fully saturated rings. The highest BCUT2D eigenvalue weighted by molar-refractivity contribution is 9.10. The van der Waals surface area contributed by atoms with E-state index in [1.54, 1.807) is 0 Å². The summed E-state index contributed by atoms with van der Waals surface area (Å²) in [6, 6.07) is 7.34. The van der Waals surface area contributed by atoms with Gasteiger partial charge in [-0.2, -0.15) is 0 Å². The monoisotopic (exact) mass is 330 g/mol. The zero-order chi connectivity index (χ0) is 13.3. The van der Waals surface area contributed by atoms with Gasteiger partial charge in [0.1, 0.15) is 0 Å². The molecule has 0 aromatic heterocycles. The van der Waals surface area contributed by atoms with Gasteiger partial charge in [0.2, 0.25) is 0 Å². The van der Waals surface area contributed by atoms with Crippen LogP contribution in [0.25, 0.3) is 0 Å². The lowest BCUT2D eigenvalue weighted by Crippen LogP contribution is -2.54. The SMILES string of the molecule is CC1CN(Cc2ccc(Br)cc2Cl)CC(C)N1C. The van der Waals surface area contributed by atoms with Gasteiger partial charge in [0, 0.05) is 41.2 Å². The molecule has 0 bridgehead atoms. The highest BCUT2D eigenvalue weighted by Gasteiger charge is 2.26. The Balaban J connectivity index is 2.05. The van der Waals surface area contributed by atoms with Crippen LogP contribution in [0.2, 0.25) is 5.02 Å². The fourth-order valence-electron chi connectivity index (χ4n) is 2.53. The number of hydrogen-bond donors (Lipinski definition) is 0. The predicted molar refractivity (Wildman–Crippen MR) is 81.1 cm³/mol. The maximum absolute atomic E-state index is 6.28. The van der Waals surface area contributed by atoms with E-state index in [1.165, 1.54) is 5.56 Å². The highest BCUT2D eigenvalue weighted by Crippen LogP contribution is 2.24. The van der Waals surface area contributed by atoms with Gasteiger partial charge in [0.15, 0.2) is 0 Å². The Morgan fingerprint density at radius 3 is 2.44 bits per heavy atom. The van der Waals surface area contributed by atoms with Gasteiger partial charge in [-0.15, -0.1) is 0 Å². The quantitative estimate of drug-likeness (QED) is 0.816. The molecule has 0 aliphatic carbocycles. The number of likely N-dealkylation sites (N-methyl/N-ethyl adjacent to an activating group) is 1. The third-order valence-corrected chi connectivity index (χ3v) is 4.69. The van der Waals surface area contributed by atoms with Gasteiger partial charge >= 0.3 is 0 Å². The Hall–Kier alpha value is -0.0900. The van der Waals surface area contributed by atoms with Crippen molar-refractivity contribution in [2.24, 2.45) is 0 Å². The van der Waals surface area contributed by atoms with E-state index in [0.717, 1.165) is 29.1 Å². The van der Waals surface area contributed by atoms with E-state index in [1.807, 2.05) is 6.07 Å². The van der Waals surface area contributed by atoms with Crippen molar-refractivity contribution in [3.63, 3.8) is 0 Å². The molecule has 1 heterocycles. The average molecular weight is 332 g/mol. The van der Waals surface area contributed by atoms with Gasteiger partial charge in [-0.3, -0.25) is 9.80 Å². The third kappa shape index (κ3) is 3.27. The first-order chi connectivity index (χ1) is 8.47. The van der Waals surface area contributed by atoms with Crippen LogP contribution in [0.4, 0.5) is 0 Å². The summed E-state index contributed by atoms with van der Waals surface area (Å²) in [4.78, 5) is 4.93. The smallest absolute Gasteiger partial charge is 0.0462 e. The van der Waals surface area contributed by atoms with Crippen molar-refractivity contribution in [3.8, 4) is 0 Å². The highest BCUT2D eigenvalue weighted by atomic mass is 79.9. The Morgan fingerprint density at radius 2 is 1.89 bits per heavy atom. The molecule has 4 heteroatoms. The fraction of sp³-hybridized carbons (Fsp3) is 0.571. The van der Waals surface area contributed by atoms with Crippen LogP contribution in [0.3, 0.4) is 0 Å². The fourth-order valence-corrected chi connectivity index (χ4v) is 3.27. The minimum Gasteiger partial charge on any atom is -0.298 e. The molecule has 2 atom stereocenters. The maximum Gasteiger partial charge on any atom is 0.0462 e. The van der Waals surface area contributed by atoms with Crippen LogP contribution in [0.15, 0.2) is 22.7 Å². The maximum atomic E-state index is 6.28. The number of nitrogens with zero attached hydrogens (tertiary/aromatic N) is 2. The summed E-state index contributed by atoms with van der Waals surface area (Å²) in [6.45, 7) is 7.72. The van der Waals surface area contributed by atoms with Crippen LogP contribution in [-0.4, -0.2) is 42.0 Å². The van der Waals surface area contributed by atoms with Gasteiger partial charge in [-0.1, -0.05) is 33.6 Å². The molecule has 18 heavy (non-hydrogen) atoms. The van der Waals surface area contributed by atoms with Crippen LogP contribution in [0, 0.1) is 0 Å². The molecule has 0 saturated carbocycles. The number of rotatable bonds is 2. The molecule has 2 nitrogen and oxygen atoms in total. The molecule has 0 amide bonds. The summed E-state index contributed by atoms with van der Waals surface area (Å²) in [5.41, 5.74) is 1.21. The topological polar surface area (TPSA) is 6.48 Å². The van der Waals surface area contributed by atoms with Crippen molar-refractivity contribution >= 4 is 27.5 Å². The second-order valence-corrected chi connectivity index (χ2v) is 6.62. The number of halogens is 2. The molecule has 0 N–H and O–H groups in total. The second-order valence-electron chi connectivity index (χ2n) is 5.29. The van der Waals surface area contributed by atoms with Crippen LogP contribution >= 0.6 is 27.5 Å². The predicted octanol–water partition coefficient (Wildman–Crippen LogP) is 3.63. The number of benzene rings is 1. The molecule has 1 aromatic carbocycles. The largest absolute Gasteiger partial charge is 0.298 e. The second kappa shape index (κ2) is 5.91. The first kappa shape index (κ1) is 14.3. The molecule has 1 aliphatic heterocycles. The molecule has 0 radical (unpaired) electrons. The average Bonchev–Trinajstić information content (AvgIpc) is 2.29. The summed E-state index contributed by atoms with van der Waals surface area (Å²) in [5.74, 6) is 0. The van der Waals surface area contributed by atoms with Gasteiger partial charge in [-0.25, -0.2) is 0 Å². The van der Waals surface area contributed by atoms with Gasteiger partial charge in [-0.05, 0) is 38.6 Å². The first-order valence-electron chi connectivity index (χ1n) is 6.35. The minimum atomic E-state index is 0.600. The van der Waals surface area contributed by atoms with Crippen LogP contribution < -0.4 is 0 Å². The molecule has 2 rings (SSSR count). The van der Waals surface area contributed by atoms with E-state index >= 15 is 0 Å². The van der Waals surface area contributed by atoms with Crippen molar-refractivity contribution < 1.29 is 0 Å². The molecule has 0 spiro atoms. The van der Waals surface area contributed by atoms with E-state index < -0.39 is 0 Å². The molecular weight excluding hydrogens is 312 g/mol. The minimum absolute atomic E-state index is 0.600. The van der Waals surface area contributed by atoms with Crippen LogP contribution in [-0.2, 0) is 6.54 Å². The zero-order valence-corrected chi connectivity index (χ0v) is 13.5. The molecule has 1 aliphatic rings. The summed E-state index contributed by atoms with van der Waals surface area (Å²) in [6.07, 6.45) is 0. The van der Waals surface area contributed by atoms with E-state index in [-0.39, 0.29) is 0 Å². The lowest BCUT2D eigenvalue weighted by Gasteiger charge is -2.42.